The van der Waals surface area contributed by atoms with E-state index in [1.807, 2.05) is 13.8 Å². The number of nitrogen functional groups attached to an aromatic ring is 1. The van der Waals surface area contributed by atoms with Gasteiger partial charge in [0, 0.05) is 17.6 Å². The van der Waals surface area contributed by atoms with E-state index in [1.54, 1.807) is 6.07 Å². The average molecular weight is 468 g/mol. The minimum Gasteiger partial charge on any atom is -0.399 e. The van der Waals surface area contributed by atoms with Gasteiger partial charge < -0.3 is 16.4 Å². The van der Waals surface area contributed by atoms with Gasteiger partial charge in [0.1, 0.15) is 11.6 Å². The second-order valence-corrected chi connectivity index (χ2v) is 9.19. The van der Waals surface area contributed by atoms with Gasteiger partial charge in [-0.2, -0.15) is 13.2 Å². The molecule has 1 aliphatic heterocycles. The molecule has 5 rings (SSSR count). The number of halogens is 3. The fourth-order valence-electron chi connectivity index (χ4n) is 5.12. The Labute approximate surface area is 196 Å². The monoisotopic (exact) mass is 467 g/mol. The topological polar surface area (TPSA) is 75.9 Å². The molecule has 0 saturated carbocycles. The van der Waals surface area contributed by atoms with Gasteiger partial charge in [-0.25, -0.2) is 9.97 Å². The molecule has 0 bridgehead atoms. The first-order valence-corrected chi connectivity index (χ1v) is 11.7. The lowest BCUT2D eigenvalue weighted by Gasteiger charge is -2.22. The number of anilines is 2. The van der Waals surface area contributed by atoms with Crippen LogP contribution < -0.4 is 16.4 Å². The van der Waals surface area contributed by atoms with Crippen molar-refractivity contribution < 1.29 is 13.2 Å². The number of aromatic nitrogens is 2. The Morgan fingerprint density at radius 3 is 2.59 bits per heavy atom. The average Bonchev–Trinajstić information content (AvgIpc) is 3.28. The molecular weight excluding hydrogens is 439 g/mol. The highest BCUT2D eigenvalue weighted by Crippen LogP contribution is 2.39. The van der Waals surface area contributed by atoms with Gasteiger partial charge in [-0.1, -0.05) is 6.08 Å². The van der Waals surface area contributed by atoms with E-state index >= 15 is 0 Å². The second-order valence-electron chi connectivity index (χ2n) is 9.19. The molecule has 2 aromatic carbocycles. The van der Waals surface area contributed by atoms with Crippen molar-refractivity contribution in [1.29, 1.82) is 0 Å². The number of alkyl halides is 3. The van der Waals surface area contributed by atoms with Gasteiger partial charge in [0.05, 0.1) is 17.1 Å². The lowest BCUT2D eigenvalue weighted by atomic mass is 9.91. The van der Waals surface area contributed by atoms with Crippen LogP contribution in [-0.4, -0.2) is 23.1 Å². The molecule has 0 spiro atoms. The van der Waals surface area contributed by atoms with E-state index in [0.29, 0.717) is 17.2 Å². The van der Waals surface area contributed by atoms with E-state index in [4.69, 9.17) is 10.7 Å². The van der Waals surface area contributed by atoms with Gasteiger partial charge in [-0.3, -0.25) is 0 Å². The van der Waals surface area contributed by atoms with Gasteiger partial charge in [0.15, 0.2) is 0 Å². The summed E-state index contributed by atoms with van der Waals surface area (Å²) in [5.74, 6) is 1.27. The summed E-state index contributed by atoms with van der Waals surface area (Å²) in [5, 5.41) is 7.64. The van der Waals surface area contributed by atoms with Crippen molar-refractivity contribution in [2.45, 2.75) is 51.7 Å². The van der Waals surface area contributed by atoms with E-state index in [1.165, 1.54) is 22.3 Å². The van der Waals surface area contributed by atoms with Gasteiger partial charge in [0.25, 0.3) is 0 Å². The number of aryl methyl sites for hydroxylation is 2. The molecule has 4 N–H and O–H groups in total. The highest BCUT2D eigenvalue weighted by Gasteiger charge is 2.31. The van der Waals surface area contributed by atoms with Crippen LogP contribution in [-0.2, 0) is 19.0 Å². The molecule has 0 fully saturated rings. The van der Waals surface area contributed by atoms with Crippen LogP contribution in [0.3, 0.4) is 0 Å². The van der Waals surface area contributed by atoms with E-state index in [2.05, 4.69) is 27.8 Å². The van der Waals surface area contributed by atoms with E-state index in [0.717, 1.165) is 61.8 Å². The predicted molar refractivity (Wildman–Crippen MR) is 130 cm³/mol. The van der Waals surface area contributed by atoms with Crippen LogP contribution in [0.4, 0.5) is 24.7 Å². The Bertz CT molecular complexity index is 1300. The summed E-state index contributed by atoms with van der Waals surface area (Å²) >= 11 is 0. The fourth-order valence-corrected chi connectivity index (χ4v) is 5.12. The molecule has 1 atom stereocenters. The molecule has 0 unspecified atom stereocenters. The molecule has 0 saturated heterocycles. The summed E-state index contributed by atoms with van der Waals surface area (Å²) in [6, 6.07) is 5.42. The number of benzene rings is 2. The number of hydrogen-bond acceptors (Lipinski definition) is 5. The lowest BCUT2D eigenvalue weighted by Crippen LogP contribution is -2.20. The molecule has 1 aromatic heterocycles. The molecule has 34 heavy (non-hydrogen) atoms. The van der Waals surface area contributed by atoms with Gasteiger partial charge >= 0.3 is 6.18 Å². The Kier molecular flexibility index (Phi) is 5.72. The molecule has 0 amide bonds. The second kappa shape index (κ2) is 8.58. The highest BCUT2D eigenvalue weighted by molar-refractivity contribution is 5.96. The van der Waals surface area contributed by atoms with Crippen LogP contribution in [0.25, 0.3) is 16.5 Å². The first-order valence-electron chi connectivity index (χ1n) is 11.7. The normalized spacial score (nSPS) is 16.9. The molecule has 2 heterocycles. The van der Waals surface area contributed by atoms with Crippen LogP contribution >= 0.6 is 0 Å². The third-order valence-corrected chi connectivity index (χ3v) is 6.74. The number of nitrogens with two attached hydrogens (primary N) is 1. The maximum atomic E-state index is 13.3. The summed E-state index contributed by atoms with van der Waals surface area (Å²) in [6.07, 6.45) is 1.86. The number of hydrogen-bond donors (Lipinski definition) is 3. The number of fused-ring (bicyclic) bond motifs is 3. The van der Waals surface area contributed by atoms with E-state index in [9.17, 15) is 13.2 Å². The number of nitrogens with zero attached hydrogens (tertiary/aromatic N) is 2. The van der Waals surface area contributed by atoms with Gasteiger partial charge in [-0.05, 0) is 98.2 Å². The standard InChI is InChI=1S/C26H28F3N5/c1-14(17-10-18(26(27,28)29)12-19(30)11-17)32-25-23-13-22(16-6-8-31-9-7-16)20-4-3-5-21(20)24(23)33-15(2)34-25/h6,10-14,31H,3-5,7-9,30H2,1-2H3,(H,32,33,34)/t14-/m1/s1. The zero-order valence-electron chi connectivity index (χ0n) is 19.3. The van der Waals surface area contributed by atoms with E-state index < -0.39 is 17.8 Å². The Balaban J connectivity index is 1.60. The van der Waals surface area contributed by atoms with Crippen LogP contribution in [0.5, 0.6) is 0 Å². The van der Waals surface area contributed by atoms with Crippen molar-refractivity contribution in [1.82, 2.24) is 15.3 Å². The minimum absolute atomic E-state index is 0.0835. The SMILES string of the molecule is Cc1nc(N[C@H](C)c2cc(N)cc(C(F)(F)F)c2)c2cc(C3=CCNCC3)c3c(c2n1)CCC3. The first kappa shape index (κ1) is 22.7. The van der Waals surface area contributed by atoms with E-state index in [-0.39, 0.29) is 5.69 Å². The zero-order chi connectivity index (χ0) is 24.0. The van der Waals surface area contributed by atoms with Crippen molar-refractivity contribution >= 4 is 28.0 Å². The smallest absolute Gasteiger partial charge is 0.399 e. The quantitative estimate of drug-likeness (QED) is 0.437. The van der Waals surface area contributed by atoms with Gasteiger partial charge in [0.2, 0.25) is 0 Å². The molecule has 2 aliphatic rings. The molecule has 3 aromatic rings. The highest BCUT2D eigenvalue weighted by atomic mass is 19.4. The van der Waals surface area contributed by atoms with Crippen molar-refractivity contribution in [2.24, 2.45) is 0 Å². The third kappa shape index (κ3) is 4.22. The Hall–Kier alpha value is -3.13. The largest absolute Gasteiger partial charge is 0.416 e. The zero-order valence-corrected chi connectivity index (χ0v) is 19.3. The third-order valence-electron chi connectivity index (χ3n) is 6.74. The van der Waals surface area contributed by atoms with Crippen molar-refractivity contribution in [3.63, 3.8) is 0 Å². The first-order chi connectivity index (χ1) is 16.2. The number of rotatable bonds is 4. The van der Waals surface area contributed by atoms with Crippen LogP contribution in [0, 0.1) is 6.92 Å². The Morgan fingerprint density at radius 1 is 1.06 bits per heavy atom. The van der Waals surface area contributed by atoms with Crippen LogP contribution in [0.15, 0.2) is 30.3 Å². The van der Waals surface area contributed by atoms with Crippen LogP contribution in [0.1, 0.15) is 59.4 Å². The summed E-state index contributed by atoms with van der Waals surface area (Å²) < 4.78 is 40.0. The summed E-state index contributed by atoms with van der Waals surface area (Å²) in [7, 11) is 0. The molecule has 5 nitrogen and oxygen atoms in total. The van der Waals surface area contributed by atoms with Crippen molar-refractivity contribution in [2.75, 3.05) is 24.1 Å². The molecule has 8 heteroatoms. The van der Waals surface area contributed by atoms with Gasteiger partial charge in [-0.15, -0.1) is 0 Å². The summed E-state index contributed by atoms with van der Waals surface area (Å²) in [4.78, 5) is 9.45. The maximum Gasteiger partial charge on any atom is 0.416 e. The molecule has 0 radical (unpaired) electrons. The maximum absolute atomic E-state index is 13.3. The van der Waals surface area contributed by atoms with Crippen molar-refractivity contribution in [3.05, 3.63) is 64.0 Å². The fraction of sp³-hybridized carbons (Fsp3) is 0.385. The predicted octanol–water partition coefficient (Wildman–Crippen LogP) is 5.58. The lowest BCUT2D eigenvalue weighted by molar-refractivity contribution is -0.137. The number of nitrogens with one attached hydrogen (secondary N) is 2. The molecule has 178 valence electrons. The summed E-state index contributed by atoms with van der Waals surface area (Å²) in [5.41, 5.74) is 11.8. The summed E-state index contributed by atoms with van der Waals surface area (Å²) in [6.45, 7) is 5.47. The van der Waals surface area contributed by atoms with Crippen molar-refractivity contribution in [3.8, 4) is 0 Å². The Morgan fingerprint density at radius 2 is 1.85 bits per heavy atom. The molecule has 1 aliphatic carbocycles. The van der Waals surface area contributed by atoms with Crippen LogP contribution in [0.2, 0.25) is 0 Å². The molecular formula is C26H28F3N5. The minimum atomic E-state index is -4.46.